The van der Waals surface area contributed by atoms with Crippen molar-refractivity contribution < 1.29 is 0 Å². The highest BCUT2D eigenvalue weighted by atomic mass is 79.9. The number of aromatic nitrogens is 2. The van der Waals surface area contributed by atoms with Crippen LogP contribution in [0.2, 0.25) is 0 Å². The molecular weight excluding hydrogens is 290 g/mol. The van der Waals surface area contributed by atoms with Gasteiger partial charge in [0, 0.05) is 29.8 Å². The van der Waals surface area contributed by atoms with Crippen LogP contribution in [-0.2, 0) is 13.0 Å². The smallest absolute Gasteiger partial charge is 0.106 e. The van der Waals surface area contributed by atoms with Crippen molar-refractivity contribution in [3.8, 4) is 0 Å². The number of nitrogens with one attached hydrogen (secondary N) is 2. The van der Waals surface area contributed by atoms with Crippen molar-refractivity contribution in [2.75, 3.05) is 6.54 Å². The highest BCUT2D eigenvalue weighted by Gasteiger charge is 1.98. The first-order valence-electron chi connectivity index (χ1n) is 6.20. The number of nitrogens with zero attached hydrogens (tertiary/aromatic N) is 1. The lowest BCUT2D eigenvalue weighted by Gasteiger charge is -2.06. The van der Waals surface area contributed by atoms with Gasteiger partial charge in [0.1, 0.15) is 5.82 Å². The lowest BCUT2D eigenvalue weighted by atomic mass is 10.1. The Balaban J connectivity index is 1.67. The molecule has 1 aromatic carbocycles. The second-order valence-electron chi connectivity index (χ2n) is 4.40. The number of imidazole rings is 1. The summed E-state index contributed by atoms with van der Waals surface area (Å²) in [4.78, 5) is 7.32. The van der Waals surface area contributed by atoms with Crippen LogP contribution in [0.4, 0.5) is 0 Å². The topological polar surface area (TPSA) is 40.7 Å². The zero-order valence-corrected chi connectivity index (χ0v) is 12.1. The molecule has 0 saturated carbocycles. The van der Waals surface area contributed by atoms with Gasteiger partial charge in [0.25, 0.3) is 0 Å². The average molecular weight is 308 g/mol. The summed E-state index contributed by atoms with van der Waals surface area (Å²) in [6.07, 6.45) is 5.76. The minimum atomic E-state index is 0.914. The Bertz CT molecular complexity index is 480. The van der Waals surface area contributed by atoms with Gasteiger partial charge < -0.3 is 10.3 Å². The van der Waals surface area contributed by atoms with Crippen LogP contribution < -0.4 is 5.32 Å². The van der Waals surface area contributed by atoms with E-state index >= 15 is 0 Å². The fourth-order valence-corrected chi connectivity index (χ4v) is 2.22. The van der Waals surface area contributed by atoms with Gasteiger partial charge in [-0.25, -0.2) is 4.98 Å². The molecule has 0 aliphatic heterocycles. The number of halogens is 1. The standard InChI is InChI=1S/C14H18BrN3/c1-11-4-5-12(9-13(11)15)10-16-6-2-3-14-17-7-8-18-14/h4-5,7-9,16H,2-3,6,10H2,1H3,(H,17,18). The molecule has 0 amide bonds. The second kappa shape index (κ2) is 6.71. The van der Waals surface area contributed by atoms with Gasteiger partial charge in [0.05, 0.1) is 0 Å². The van der Waals surface area contributed by atoms with Gasteiger partial charge in [0.2, 0.25) is 0 Å². The molecule has 0 unspecified atom stereocenters. The van der Waals surface area contributed by atoms with Crippen LogP contribution in [0.25, 0.3) is 0 Å². The molecule has 18 heavy (non-hydrogen) atoms. The van der Waals surface area contributed by atoms with Crippen molar-refractivity contribution in [2.45, 2.75) is 26.3 Å². The molecule has 2 rings (SSSR count). The first-order valence-corrected chi connectivity index (χ1v) is 6.99. The highest BCUT2D eigenvalue weighted by Crippen LogP contribution is 2.17. The number of rotatable bonds is 6. The van der Waals surface area contributed by atoms with Crippen LogP contribution in [0.5, 0.6) is 0 Å². The average Bonchev–Trinajstić information content (AvgIpc) is 2.86. The SMILES string of the molecule is Cc1ccc(CNCCCc2ncc[nH]2)cc1Br. The Morgan fingerprint density at radius 2 is 2.28 bits per heavy atom. The van der Waals surface area contributed by atoms with Gasteiger partial charge in [-0.05, 0) is 37.1 Å². The summed E-state index contributed by atoms with van der Waals surface area (Å²) in [5, 5.41) is 3.45. The van der Waals surface area contributed by atoms with Crippen LogP contribution in [0.3, 0.4) is 0 Å². The van der Waals surface area contributed by atoms with E-state index in [0.717, 1.165) is 31.8 Å². The number of hydrogen-bond acceptors (Lipinski definition) is 2. The van der Waals surface area contributed by atoms with E-state index in [1.54, 1.807) is 6.20 Å². The number of aryl methyl sites for hydroxylation is 2. The summed E-state index contributed by atoms with van der Waals surface area (Å²) in [7, 11) is 0. The molecular formula is C14H18BrN3. The first kappa shape index (κ1) is 13.3. The molecule has 1 aromatic heterocycles. The molecule has 0 bridgehead atoms. The molecule has 2 aromatic rings. The van der Waals surface area contributed by atoms with Crippen LogP contribution in [0.15, 0.2) is 35.1 Å². The number of H-pyrrole nitrogens is 1. The molecule has 0 spiro atoms. The third-order valence-corrected chi connectivity index (χ3v) is 3.74. The molecule has 0 radical (unpaired) electrons. The number of hydrogen-bond donors (Lipinski definition) is 2. The Kier molecular flexibility index (Phi) is 4.96. The molecule has 0 aliphatic carbocycles. The van der Waals surface area contributed by atoms with E-state index in [2.05, 4.69) is 56.3 Å². The lowest BCUT2D eigenvalue weighted by molar-refractivity contribution is 0.641. The Labute approximate surface area is 116 Å². The maximum absolute atomic E-state index is 4.20. The maximum atomic E-state index is 4.20. The van der Waals surface area contributed by atoms with Crippen molar-refractivity contribution in [3.63, 3.8) is 0 Å². The summed E-state index contributed by atoms with van der Waals surface area (Å²) in [6, 6.07) is 6.48. The second-order valence-corrected chi connectivity index (χ2v) is 5.25. The first-order chi connectivity index (χ1) is 8.75. The van der Waals surface area contributed by atoms with Crippen molar-refractivity contribution in [1.82, 2.24) is 15.3 Å². The van der Waals surface area contributed by atoms with E-state index in [1.165, 1.54) is 15.6 Å². The monoisotopic (exact) mass is 307 g/mol. The molecule has 0 aliphatic rings. The van der Waals surface area contributed by atoms with Crippen LogP contribution in [-0.4, -0.2) is 16.5 Å². The number of aromatic amines is 1. The summed E-state index contributed by atoms with van der Waals surface area (Å²) in [6.45, 7) is 4.02. The van der Waals surface area contributed by atoms with Crippen molar-refractivity contribution in [2.24, 2.45) is 0 Å². The van der Waals surface area contributed by atoms with E-state index in [4.69, 9.17) is 0 Å². The molecule has 1 heterocycles. The van der Waals surface area contributed by atoms with E-state index in [0.29, 0.717) is 0 Å². The Morgan fingerprint density at radius 3 is 3.00 bits per heavy atom. The lowest BCUT2D eigenvalue weighted by Crippen LogP contribution is -2.15. The van der Waals surface area contributed by atoms with E-state index in [9.17, 15) is 0 Å². The summed E-state index contributed by atoms with van der Waals surface area (Å²) < 4.78 is 1.18. The third-order valence-electron chi connectivity index (χ3n) is 2.89. The zero-order chi connectivity index (χ0) is 12.8. The van der Waals surface area contributed by atoms with Crippen molar-refractivity contribution in [1.29, 1.82) is 0 Å². The molecule has 0 atom stereocenters. The molecule has 0 saturated heterocycles. The van der Waals surface area contributed by atoms with Crippen LogP contribution in [0.1, 0.15) is 23.4 Å². The third kappa shape index (κ3) is 3.96. The Hall–Kier alpha value is -1.13. The van der Waals surface area contributed by atoms with Gasteiger partial charge in [-0.2, -0.15) is 0 Å². The summed E-state index contributed by atoms with van der Waals surface area (Å²) >= 11 is 3.55. The fraction of sp³-hybridized carbons (Fsp3) is 0.357. The summed E-state index contributed by atoms with van der Waals surface area (Å²) in [5.41, 5.74) is 2.59. The predicted octanol–water partition coefficient (Wildman–Crippen LogP) is 3.20. The molecule has 4 heteroatoms. The minimum Gasteiger partial charge on any atom is -0.349 e. The van der Waals surface area contributed by atoms with E-state index in [1.807, 2.05) is 6.20 Å². The molecule has 0 fully saturated rings. The minimum absolute atomic E-state index is 0.914. The summed E-state index contributed by atoms with van der Waals surface area (Å²) in [5.74, 6) is 1.06. The highest BCUT2D eigenvalue weighted by molar-refractivity contribution is 9.10. The zero-order valence-electron chi connectivity index (χ0n) is 10.5. The van der Waals surface area contributed by atoms with E-state index < -0.39 is 0 Å². The molecule has 96 valence electrons. The largest absolute Gasteiger partial charge is 0.349 e. The molecule has 3 nitrogen and oxygen atoms in total. The van der Waals surface area contributed by atoms with Gasteiger partial charge in [-0.15, -0.1) is 0 Å². The van der Waals surface area contributed by atoms with Gasteiger partial charge >= 0.3 is 0 Å². The quantitative estimate of drug-likeness (QED) is 0.805. The van der Waals surface area contributed by atoms with Crippen LogP contribution >= 0.6 is 15.9 Å². The molecule has 2 N–H and O–H groups in total. The van der Waals surface area contributed by atoms with Gasteiger partial charge in [-0.1, -0.05) is 28.1 Å². The Morgan fingerprint density at radius 1 is 1.39 bits per heavy atom. The maximum Gasteiger partial charge on any atom is 0.106 e. The van der Waals surface area contributed by atoms with Gasteiger partial charge in [0.15, 0.2) is 0 Å². The number of benzene rings is 1. The normalized spacial score (nSPS) is 10.8. The van der Waals surface area contributed by atoms with E-state index in [-0.39, 0.29) is 0 Å². The van der Waals surface area contributed by atoms with Crippen molar-refractivity contribution in [3.05, 3.63) is 52.0 Å². The fourth-order valence-electron chi connectivity index (χ4n) is 1.79. The van der Waals surface area contributed by atoms with Crippen molar-refractivity contribution >= 4 is 15.9 Å². The van der Waals surface area contributed by atoms with Gasteiger partial charge in [-0.3, -0.25) is 0 Å². The predicted molar refractivity (Wildman–Crippen MR) is 77.5 cm³/mol. The van der Waals surface area contributed by atoms with Crippen LogP contribution in [0, 0.1) is 6.92 Å².